The minimum atomic E-state index is 0.280. The minimum absolute atomic E-state index is 0.280. The van der Waals surface area contributed by atoms with Gasteiger partial charge in [-0.05, 0) is 13.8 Å². The number of aryl methyl sites for hydroxylation is 1. The summed E-state index contributed by atoms with van der Waals surface area (Å²) < 4.78 is 0. The molecular formula is C12H19N5. The van der Waals surface area contributed by atoms with Crippen molar-refractivity contribution in [3.63, 3.8) is 0 Å². The Balaban J connectivity index is 3.01. The van der Waals surface area contributed by atoms with Gasteiger partial charge in [-0.1, -0.05) is 6.92 Å². The second-order valence-electron chi connectivity index (χ2n) is 4.12. The highest BCUT2D eigenvalue weighted by Crippen LogP contribution is 2.17. The van der Waals surface area contributed by atoms with E-state index in [4.69, 9.17) is 11.0 Å². The molecule has 0 atom stereocenters. The number of aromatic nitrogens is 2. The van der Waals surface area contributed by atoms with Gasteiger partial charge in [-0.3, -0.25) is 0 Å². The van der Waals surface area contributed by atoms with Crippen LogP contribution in [0.1, 0.15) is 33.0 Å². The second-order valence-corrected chi connectivity index (χ2v) is 4.12. The van der Waals surface area contributed by atoms with E-state index in [-0.39, 0.29) is 6.04 Å². The van der Waals surface area contributed by atoms with E-state index in [2.05, 4.69) is 34.8 Å². The number of anilines is 2. The van der Waals surface area contributed by atoms with Crippen molar-refractivity contribution in [1.29, 1.82) is 5.26 Å². The Hall–Kier alpha value is -1.83. The number of nitrogens with zero attached hydrogens (tertiary/aromatic N) is 4. The number of rotatable bonds is 5. The number of nitriles is 1. The Morgan fingerprint density at radius 1 is 1.47 bits per heavy atom. The lowest BCUT2D eigenvalue weighted by molar-refractivity contribution is 0.673. The molecule has 2 N–H and O–H groups in total. The van der Waals surface area contributed by atoms with E-state index in [0.29, 0.717) is 18.8 Å². The van der Waals surface area contributed by atoms with Crippen LogP contribution in [0, 0.1) is 11.3 Å². The molecule has 0 fully saturated rings. The Morgan fingerprint density at radius 2 is 2.18 bits per heavy atom. The molecule has 1 aromatic rings. The van der Waals surface area contributed by atoms with Crippen LogP contribution in [-0.4, -0.2) is 22.6 Å². The van der Waals surface area contributed by atoms with Crippen LogP contribution < -0.4 is 10.6 Å². The SMILES string of the molecule is CCc1nc(N)cc(N(CCC#N)C(C)C)n1. The third kappa shape index (κ3) is 3.59. The van der Waals surface area contributed by atoms with Crippen LogP contribution in [-0.2, 0) is 6.42 Å². The number of nitrogens with two attached hydrogens (primary N) is 1. The molecular weight excluding hydrogens is 214 g/mol. The molecule has 0 aliphatic carbocycles. The highest BCUT2D eigenvalue weighted by molar-refractivity contribution is 5.47. The normalized spacial score (nSPS) is 10.3. The lowest BCUT2D eigenvalue weighted by Gasteiger charge is -2.27. The summed E-state index contributed by atoms with van der Waals surface area (Å²) in [5.41, 5.74) is 5.76. The van der Waals surface area contributed by atoms with Crippen LogP contribution in [0.5, 0.6) is 0 Å². The van der Waals surface area contributed by atoms with E-state index in [1.165, 1.54) is 0 Å². The third-order valence-electron chi connectivity index (χ3n) is 2.48. The zero-order valence-corrected chi connectivity index (χ0v) is 10.6. The molecule has 92 valence electrons. The molecule has 5 heteroatoms. The van der Waals surface area contributed by atoms with Gasteiger partial charge in [-0.25, -0.2) is 9.97 Å². The fourth-order valence-corrected chi connectivity index (χ4v) is 1.62. The van der Waals surface area contributed by atoms with E-state index in [0.717, 1.165) is 18.1 Å². The molecule has 0 saturated carbocycles. The molecule has 0 saturated heterocycles. The monoisotopic (exact) mass is 233 g/mol. The van der Waals surface area contributed by atoms with Crippen LogP contribution in [0.25, 0.3) is 0 Å². The topological polar surface area (TPSA) is 78.8 Å². The smallest absolute Gasteiger partial charge is 0.134 e. The molecule has 0 aliphatic rings. The van der Waals surface area contributed by atoms with Gasteiger partial charge < -0.3 is 10.6 Å². The van der Waals surface area contributed by atoms with Gasteiger partial charge in [-0.2, -0.15) is 5.26 Å². The summed E-state index contributed by atoms with van der Waals surface area (Å²) in [6.07, 6.45) is 1.23. The summed E-state index contributed by atoms with van der Waals surface area (Å²) in [4.78, 5) is 10.7. The zero-order chi connectivity index (χ0) is 12.8. The summed E-state index contributed by atoms with van der Waals surface area (Å²) in [7, 11) is 0. The van der Waals surface area contributed by atoms with Crippen molar-refractivity contribution < 1.29 is 0 Å². The standard InChI is InChI=1S/C12H19N5/c1-4-11-15-10(14)8-12(16-11)17(9(2)3)7-5-6-13/h8-9H,4-5,7H2,1-3H3,(H2,14,15,16). The van der Waals surface area contributed by atoms with Crippen molar-refractivity contribution in [1.82, 2.24) is 9.97 Å². The highest BCUT2D eigenvalue weighted by atomic mass is 15.2. The maximum absolute atomic E-state index is 8.67. The first-order valence-electron chi connectivity index (χ1n) is 5.85. The molecule has 0 aliphatic heterocycles. The third-order valence-corrected chi connectivity index (χ3v) is 2.48. The molecule has 17 heavy (non-hydrogen) atoms. The van der Waals surface area contributed by atoms with E-state index in [9.17, 15) is 0 Å². The van der Waals surface area contributed by atoms with Crippen LogP contribution in [0.2, 0.25) is 0 Å². The van der Waals surface area contributed by atoms with Gasteiger partial charge in [0, 0.05) is 25.1 Å². The van der Waals surface area contributed by atoms with Crippen molar-refractivity contribution in [2.75, 3.05) is 17.2 Å². The van der Waals surface area contributed by atoms with Gasteiger partial charge in [0.2, 0.25) is 0 Å². The van der Waals surface area contributed by atoms with E-state index < -0.39 is 0 Å². The fourth-order valence-electron chi connectivity index (χ4n) is 1.62. The van der Waals surface area contributed by atoms with Gasteiger partial charge in [0.15, 0.2) is 0 Å². The van der Waals surface area contributed by atoms with Gasteiger partial charge in [-0.15, -0.1) is 0 Å². The molecule has 0 bridgehead atoms. The fraction of sp³-hybridized carbons (Fsp3) is 0.583. The van der Waals surface area contributed by atoms with Crippen LogP contribution >= 0.6 is 0 Å². The van der Waals surface area contributed by atoms with Gasteiger partial charge >= 0.3 is 0 Å². The molecule has 1 rings (SSSR count). The first kappa shape index (κ1) is 13.2. The Bertz CT molecular complexity index is 408. The zero-order valence-electron chi connectivity index (χ0n) is 10.6. The van der Waals surface area contributed by atoms with E-state index >= 15 is 0 Å². The van der Waals surface area contributed by atoms with Gasteiger partial charge in [0.1, 0.15) is 17.5 Å². The first-order chi connectivity index (χ1) is 8.08. The Labute approximate surface area is 102 Å². The molecule has 0 radical (unpaired) electrons. The van der Waals surface area contributed by atoms with Gasteiger partial charge in [0.05, 0.1) is 12.5 Å². The molecule has 0 spiro atoms. The summed E-state index contributed by atoms with van der Waals surface area (Å²) in [5.74, 6) is 2.02. The number of nitrogen functional groups attached to an aromatic ring is 1. The molecule has 1 heterocycles. The van der Waals surface area contributed by atoms with Crippen LogP contribution in [0.15, 0.2) is 6.07 Å². The lowest BCUT2D eigenvalue weighted by Crippen LogP contribution is -2.32. The van der Waals surface area contributed by atoms with Crippen molar-refractivity contribution in [3.8, 4) is 6.07 Å². The molecule has 0 aromatic carbocycles. The summed E-state index contributed by atoms with van der Waals surface area (Å²) in [6.45, 7) is 6.80. The average Bonchev–Trinajstić information content (AvgIpc) is 2.28. The lowest BCUT2D eigenvalue weighted by atomic mass is 10.2. The number of hydrogen-bond donors (Lipinski definition) is 1. The summed E-state index contributed by atoms with van der Waals surface area (Å²) in [6, 6.07) is 4.19. The summed E-state index contributed by atoms with van der Waals surface area (Å²) in [5, 5.41) is 8.67. The second kappa shape index (κ2) is 6.04. The maximum Gasteiger partial charge on any atom is 0.134 e. The molecule has 5 nitrogen and oxygen atoms in total. The Kier molecular flexibility index (Phi) is 4.70. The van der Waals surface area contributed by atoms with Crippen LogP contribution in [0.3, 0.4) is 0 Å². The predicted octanol–water partition coefficient (Wildman–Crippen LogP) is 1.75. The quantitative estimate of drug-likeness (QED) is 0.838. The summed E-state index contributed by atoms with van der Waals surface area (Å²) >= 11 is 0. The van der Waals surface area contributed by atoms with E-state index in [1.807, 2.05) is 6.92 Å². The largest absolute Gasteiger partial charge is 0.384 e. The van der Waals surface area contributed by atoms with E-state index in [1.54, 1.807) is 6.07 Å². The molecule has 0 unspecified atom stereocenters. The molecule has 1 aromatic heterocycles. The number of hydrogen-bond acceptors (Lipinski definition) is 5. The van der Waals surface area contributed by atoms with Crippen molar-refractivity contribution in [2.45, 2.75) is 39.7 Å². The van der Waals surface area contributed by atoms with Gasteiger partial charge in [0.25, 0.3) is 0 Å². The maximum atomic E-state index is 8.67. The van der Waals surface area contributed by atoms with Crippen molar-refractivity contribution in [3.05, 3.63) is 11.9 Å². The van der Waals surface area contributed by atoms with Crippen molar-refractivity contribution >= 4 is 11.6 Å². The Morgan fingerprint density at radius 3 is 2.71 bits per heavy atom. The first-order valence-corrected chi connectivity index (χ1v) is 5.85. The average molecular weight is 233 g/mol. The van der Waals surface area contributed by atoms with Crippen molar-refractivity contribution in [2.24, 2.45) is 0 Å². The molecule has 0 amide bonds. The predicted molar refractivity (Wildman–Crippen MR) is 68.5 cm³/mol. The highest BCUT2D eigenvalue weighted by Gasteiger charge is 2.13. The van der Waals surface area contributed by atoms with Crippen LogP contribution in [0.4, 0.5) is 11.6 Å². The minimum Gasteiger partial charge on any atom is -0.384 e.